The van der Waals surface area contributed by atoms with Crippen LogP contribution in [0.3, 0.4) is 0 Å². The van der Waals surface area contributed by atoms with E-state index in [9.17, 15) is 9.59 Å². The van der Waals surface area contributed by atoms with Crippen LogP contribution in [0, 0.1) is 0 Å². The van der Waals surface area contributed by atoms with Crippen molar-refractivity contribution in [3.8, 4) is 0 Å². The molecule has 2 aliphatic rings. The Morgan fingerprint density at radius 1 is 1.11 bits per heavy atom. The number of aryl methyl sites for hydroxylation is 1. The number of amides is 2. The number of nitrogens with zero attached hydrogens (tertiary/aromatic N) is 2. The highest BCUT2D eigenvalue weighted by molar-refractivity contribution is 8.04. The van der Waals surface area contributed by atoms with Crippen LogP contribution in [0.15, 0.2) is 58.3 Å². The summed E-state index contributed by atoms with van der Waals surface area (Å²) in [4.78, 5) is 32.1. The molecule has 1 atom stereocenters. The van der Waals surface area contributed by atoms with Crippen LogP contribution in [0.2, 0.25) is 0 Å². The van der Waals surface area contributed by atoms with Crippen molar-refractivity contribution in [3.63, 3.8) is 0 Å². The van der Waals surface area contributed by atoms with Crippen molar-refractivity contribution in [2.24, 2.45) is 0 Å². The van der Waals surface area contributed by atoms with Crippen molar-refractivity contribution < 1.29 is 9.59 Å². The van der Waals surface area contributed by atoms with Crippen LogP contribution < -0.4 is 10.2 Å². The Bertz CT molecular complexity index is 1050. The normalized spacial score (nSPS) is 19.6. The predicted octanol–water partition coefficient (Wildman–Crippen LogP) is 5.50. The highest BCUT2D eigenvalue weighted by Gasteiger charge is 2.30. The van der Waals surface area contributed by atoms with Gasteiger partial charge < -0.3 is 10.2 Å². The molecule has 6 heteroatoms. The molecule has 35 heavy (non-hydrogen) atoms. The second-order valence-electron chi connectivity index (χ2n) is 9.36. The molecule has 0 unspecified atom stereocenters. The third kappa shape index (κ3) is 6.56. The fourth-order valence-corrected chi connectivity index (χ4v) is 6.01. The smallest absolute Gasteiger partial charge is 0.265 e. The summed E-state index contributed by atoms with van der Waals surface area (Å²) in [5, 5.41) is 3.05. The molecule has 2 heterocycles. The lowest BCUT2D eigenvalue weighted by molar-refractivity contribution is -0.122. The fourth-order valence-electron chi connectivity index (χ4n) is 4.95. The molecular formula is C29H37N3O2S. The number of likely N-dealkylation sites (tertiary alicyclic amines) is 1. The molecule has 0 saturated carbocycles. The van der Waals surface area contributed by atoms with E-state index in [1.807, 2.05) is 42.5 Å². The number of hydrogen-bond donors (Lipinski definition) is 1. The van der Waals surface area contributed by atoms with E-state index in [1.165, 1.54) is 49.6 Å². The van der Waals surface area contributed by atoms with Crippen LogP contribution in [0.1, 0.15) is 57.1 Å². The zero-order valence-corrected chi connectivity index (χ0v) is 21.8. The number of fused-ring (bicyclic) bond motifs is 1. The fraction of sp³-hybridized carbons (Fsp3) is 0.448. The standard InChI is InChI=1S/C29H37N3O2S/c1-3-22-13-15-23(16-14-22)20-27-29(34)32(25-11-5-6-12-26(25)35-27)21-28(33)30-17-9-19-31-18-8-7-10-24(31)4-2/h5-6,11-16,20,24H,3-4,7-10,17-19,21H2,1-2H3,(H,30,33)/b27-20+/t24-/m1/s1. The maximum atomic E-state index is 13.4. The van der Waals surface area contributed by atoms with E-state index in [1.54, 1.807) is 4.90 Å². The molecule has 4 rings (SSSR count). The van der Waals surface area contributed by atoms with Gasteiger partial charge in [-0.25, -0.2) is 0 Å². The topological polar surface area (TPSA) is 52.7 Å². The van der Waals surface area contributed by atoms with Crippen molar-refractivity contribution in [2.45, 2.75) is 63.3 Å². The van der Waals surface area contributed by atoms with Crippen LogP contribution in [-0.2, 0) is 16.0 Å². The lowest BCUT2D eigenvalue weighted by Crippen LogP contribution is -2.44. The van der Waals surface area contributed by atoms with E-state index in [2.05, 4.69) is 36.2 Å². The molecule has 5 nitrogen and oxygen atoms in total. The monoisotopic (exact) mass is 491 g/mol. The van der Waals surface area contributed by atoms with Crippen molar-refractivity contribution >= 4 is 35.3 Å². The van der Waals surface area contributed by atoms with Gasteiger partial charge in [-0.05, 0) is 68.0 Å². The molecule has 1 N–H and O–H groups in total. The van der Waals surface area contributed by atoms with Gasteiger partial charge >= 0.3 is 0 Å². The van der Waals surface area contributed by atoms with Gasteiger partial charge in [0.1, 0.15) is 6.54 Å². The number of anilines is 1. The van der Waals surface area contributed by atoms with Gasteiger partial charge in [-0.1, -0.05) is 68.4 Å². The highest BCUT2D eigenvalue weighted by Crippen LogP contribution is 2.41. The van der Waals surface area contributed by atoms with Crippen molar-refractivity contribution in [1.29, 1.82) is 0 Å². The van der Waals surface area contributed by atoms with Gasteiger partial charge in [0.2, 0.25) is 5.91 Å². The first kappa shape index (κ1) is 25.5. The quantitative estimate of drug-likeness (QED) is 0.372. The molecule has 186 valence electrons. The summed E-state index contributed by atoms with van der Waals surface area (Å²) in [5.41, 5.74) is 3.06. The second-order valence-corrected chi connectivity index (χ2v) is 10.4. The number of nitrogens with one attached hydrogen (secondary N) is 1. The van der Waals surface area contributed by atoms with Gasteiger partial charge in [-0.15, -0.1) is 0 Å². The maximum absolute atomic E-state index is 13.4. The van der Waals surface area contributed by atoms with E-state index in [-0.39, 0.29) is 18.4 Å². The van der Waals surface area contributed by atoms with E-state index >= 15 is 0 Å². The highest BCUT2D eigenvalue weighted by atomic mass is 32.2. The van der Waals surface area contributed by atoms with Gasteiger partial charge in [0.15, 0.2) is 0 Å². The summed E-state index contributed by atoms with van der Waals surface area (Å²) in [7, 11) is 0. The Labute approximate surface area is 214 Å². The Kier molecular flexibility index (Phi) is 9.05. The molecule has 2 aromatic rings. The average molecular weight is 492 g/mol. The zero-order valence-electron chi connectivity index (χ0n) is 21.0. The molecular weight excluding hydrogens is 454 g/mol. The Balaban J connectivity index is 1.38. The molecule has 1 fully saturated rings. The lowest BCUT2D eigenvalue weighted by Gasteiger charge is -2.35. The van der Waals surface area contributed by atoms with Crippen LogP contribution >= 0.6 is 11.8 Å². The first-order valence-electron chi connectivity index (χ1n) is 13.0. The number of para-hydroxylation sites is 1. The summed E-state index contributed by atoms with van der Waals surface area (Å²) in [6.45, 7) is 7.24. The number of carbonyl (C=O) groups is 2. The van der Waals surface area contributed by atoms with E-state index < -0.39 is 0 Å². The molecule has 0 bridgehead atoms. The molecule has 2 amide bonds. The van der Waals surface area contributed by atoms with Crippen LogP contribution in [0.25, 0.3) is 6.08 Å². The minimum absolute atomic E-state index is 0.0316. The molecule has 1 saturated heterocycles. The zero-order chi connectivity index (χ0) is 24.6. The summed E-state index contributed by atoms with van der Waals surface area (Å²) in [6.07, 6.45) is 8.93. The molecule has 0 radical (unpaired) electrons. The predicted molar refractivity (Wildman–Crippen MR) is 146 cm³/mol. The van der Waals surface area contributed by atoms with Crippen LogP contribution in [-0.4, -0.2) is 48.9 Å². The number of benzene rings is 2. The number of piperidine rings is 1. The summed E-state index contributed by atoms with van der Waals surface area (Å²) in [5.74, 6) is -0.236. The van der Waals surface area contributed by atoms with Crippen LogP contribution in [0.5, 0.6) is 0 Å². The summed E-state index contributed by atoms with van der Waals surface area (Å²) in [6, 6.07) is 16.8. The largest absolute Gasteiger partial charge is 0.355 e. The van der Waals surface area contributed by atoms with E-state index in [0.29, 0.717) is 17.5 Å². The SMILES string of the molecule is CCc1ccc(/C=C2/Sc3ccccc3N(CC(=O)NCCCN3CCCC[C@H]3CC)C2=O)cc1. The maximum Gasteiger partial charge on any atom is 0.265 e. The lowest BCUT2D eigenvalue weighted by atomic mass is 10.00. The average Bonchev–Trinajstić information content (AvgIpc) is 2.89. The second kappa shape index (κ2) is 12.4. The van der Waals surface area contributed by atoms with Gasteiger partial charge in [0, 0.05) is 24.0 Å². The van der Waals surface area contributed by atoms with Crippen LogP contribution in [0.4, 0.5) is 5.69 Å². The van der Waals surface area contributed by atoms with Gasteiger partial charge in [0.25, 0.3) is 5.91 Å². The number of hydrogen-bond acceptors (Lipinski definition) is 4. The summed E-state index contributed by atoms with van der Waals surface area (Å²) >= 11 is 1.47. The number of rotatable bonds is 9. The Hall–Kier alpha value is -2.57. The Morgan fingerprint density at radius 3 is 2.69 bits per heavy atom. The van der Waals surface area contributed by atoms with Gasteiger partial charge in [-0.3, -0.25) is 14.5 Å². The third-order valence-electron chi connectivity index (χ3n) is 6.98. The van der Waals surface area contributed by atoms with Crippen molar-refractivity contribution in [3.05, 3.63) is 64.6 Å². The first-order chi connectivity index (χ1) is 17.1. The molecule has 0 aromatic heterocycles. The van der Waals surface area contributed by atoms with Crippen molar-refractivity contribution in [1.82, 2.24) is 10.2 Å². The van der Waals surface area contributed by atoms with Gasteiger partial charge in [-0.2, -0.15) is 0 Å². The molecule has 0 spiro atoms. The minimum Gasteiger partial charge on any atom is -0.355 e. The molecule has 2 aliphatic heterocycles. The third-order valence-corrected chi connectivity index (χ3v) is 8.06. The number of carbonyl (C=O) groups excluding carboxylic acids is 2. The first-order valence-corrected chi connectivity index (χ1v) is 13.8. The van der Waals surface area contributed by atoms with Gasteiger partial charge in [0.05, 0.1) is 10.6 Å². The Morgan fingerprint density at radius 2 is 1.91 bits per heavy atom. The van der Waals surface area contributed by atoms with Crippen molar-refractivity contribution in [2.75, 3.05) is 31.1 Å². The number of thioether (sulfide) groups is 1. The molecule has 0 aliphatic carbocycles. The molecule has 2 aromatic carbocycles. The minimum atomic E-state index is -0.123. The van der Waals surface area contributed by atoms with E-state index in [0.717, 1.165) is 35.5 Å². The van der Waals surface area contributed by atoms with E-state index in [4.69, 9.17) is 0 Å². The summed E-state index contributed by atoms with van der Waals surface area (Å²) < 4.78 is 0.